The third-order valence-corrected chi connectivity index (χ3v) is 5.72. The molecule has 0 aliphatic carbocycles. The zero-order valence-electron chi connectivity index (χ0n) is 17.2. The normalized spacial score (nSPS) is 13.5. The average Bonchev–Trinajstić information content (AvgIpc) is 2.84. The van der Waals surface area contributed by atoms with Crippen LogP contribution in [-0.4, -0.2) is 48.8 Å². The number of hydrogen-bond acceptors (Lipinski definition) is 4. The first-order chi connectivity index (χ1) is 15.5. The van der Waals surface area contributed by atoms with Gasteiger partial charge in [0.2, 0.25) is 0 Å². The maximum Gasteiger partial charge on any atom is 0.256 e. The number of anilines is 1. The average molecular weight is 493 g/mol. The fraction of sp³-hybridized carbons (Fsp3) is 0.160. The predicted molar refractivity (Wildman–Crippen MR) is 125 cm³/mol. The minimum absolute atomic E-state index is 0.102. The molecule has 7 heteroatoms. The number of rotatable bonds is 5. The van der Waals surface area contributed by atoms with Crippen LogP contribution in [-0.2, 0) is 4.74 Å². The van der Waals surface area contributed by atoms with Crippen LogP contribution in [0.25, 0.3) is 0 Å². The van der Waals surface area contributed by atoms with Crippen molar-refractivity contribution in [1.82, 2.24) is 4.90 Å². The van der Waals surface area contributed by atoms with Crippen LogP contribution < -0.4 is 5.32 Å². The Morgan fingerprint density at radius 1 is 0.812 bits per heavy atom. The molecule has 3 aromatic carbocycles. The molecule has 0 spiro atoms. The van der Waals surface area contributed by atoms with Crippen LogP contribution >= 0.6 is 15.9 Å². The van der Waals surface area contributed by atoms with Crippen LogP contribution in [0.3, 0.4) is 0 Å². The lowest BCUT2D eigenvalue weighted by molar-refractivity contribution is 0.0303. The zero-order chi connectivity index (χ0) is 22.5. The van der Waals surface area contributed by atoms with Gasteiger partial charge in [0, 0.05) is 39.9 Å². The Morgan fingerprint density at radius 2 is 1.50 bits per heavy atom. The number of hydrogen-bond donors (Lipinski definition) is 1. The number of ether oxygens (including phenoxy) is 1. The lowest BCUT2D eigenvalue weighted by atomic mass is 9.98. The number of ketones is 1. The second-order valence-corrected chi connectivity index (χ2v) is 8.24. The lowest BCUT2D eigenvalue weighted by Crippen LogP contribution is -2.40. The molecule has 1 fully saturated rings. The maximum atomic E-state index is 13.0. The molecule has 0 unspecified atom stereocenters. The molecular formula is C25H21BrN2O4. The van der Waals surface area contributed by atoms with Crippen molar-refractivity contribution in [3.63, 3.8) is 0 Å². The summed E-state index contributed by atoms with van der Waals surface area (Å²) in [4.78, 5) is 40.5. The predicted octanol–water partition coefficient (Wildman–Crippen LogP) is 4.40. The van der Waals surface area contributed by atoms with Gasteiger partial charge in [-0.3, -0.25) is 14.4 Å². The Labute approximate surface area is 194 Å². The van der Waals surface area contributed by atoms with E-state index in [2.05, 4.69) is 21.2 Å². The largest absolute Gasteiger partial charge is 0.378 e. The summed E-state index contributed by atoms with van der Waals surface area (Å²) < 4.78 is 6.17. The first-order valence-electron chi connectivity index (χ1n) is 10.2. The highest BCUT2D eigenvalue weighted by molar-refractivity contribution is 9.10. The van der Waals surface area contributed by atoms with Crippen LogP contribution in [0.5, 0.6) is 0 Å². The molecule has 0 saturated carbocycles. The summed E-state index contributed by atoms with van der Waals surface area (Å²) >= 11 is 3.36. The van der Waals surface area contributed by atoms with Crippen molar-refractivity contribution in [3.05, 3.63) is 99.5 Å². The fourth-order valence-electron chi connectivity index (χ4n) is 3.51. The van der Waals surface area contributed by atoms with Crippen LogP contribution in [0, 0.1) is 0 Å². The molecule has 0 bridgehead atoms. The van der Waals surface area contributed by atoms with Crippen LogP contribution in [0.2, 0.25) is 0 Å². The van der Waals surface area contributed by atoms with Crippen LogP contribution in [0.15, 0.2) is 77.3 Å². The molecule has 6 nitrogen and oxygen atoms in total. The van der Waals surface area contributed by atoms with Crippen molar-refractivity contribution >= 4 is 39.2 Å². The van der Waals surface area contributed by atoms with E-state index < -0.39 is 5.91 Å². The standard InChI is InChI=1S/C25H21BrN2O4/c26-19-10-8-17(9-11-19)23(29)21-6-1-2-7-22(21)24(30)27-20-5-3-4-18(16-20)25(31)28-12-14-32-15-13-28/h1-11,16H,12-15H2,(H,27,30). The van der Waals surface area contributed by atoms with Crippen molar-refractivity contribution in [2.75, 3.05) is 31.6 Å². The van der Waals surface area contributed by atoms with E-state index in [9.17, 15) is 14.4 Å². The summed E-state index contributed by atoms with van der Waals surface area (Å²) in [7, 11) is 0. The van der Waals surface area contributed by atoms with E-state index in [0.29, 0.717) is 48.7 Å². The molecule has 0 atom stereocenters. The highest BCUT2D eigenvalue weighted by Gasteiger charge is 2.20. The molecular weight excluding hydrogens is 472 g/mol. The van der Waals surface area contributed by atoms with Gasteiger partial charge in [0.05, 0.1) is 18.8 Å². The van der Waals surface area contributed by atoms with E-state index in [4.69, 9.17) is 4.74 Å². The van der Waals surface area contributed by atoms with Crippen molar-refractivity contribution < 1.29 is 19.1 Å². The summed E-state index contributed by atoms with van der Waals surface area (Å²) in [6.45, 7) is 2.12. The summed E-state index contributed by atoms with van der Waals surface area (Å²) in [5.74, 6) is -0.753. The van der Waals surface area contributed by atoms with Gasteiger partial charge >= 0.3 is 0 Å². The number of benzene rings is 3. The Balaban J connectivity index is 1.54. The number of amides is 2. The minimum Gasteiger partial charge on any atom is -0.378 e. The molecule has 1 N–H and O–H groups in total. The van der Waals surface area contributed by atoms with E-state index >= 15 is 0 Å². The Morgan fingerprint density at radius 3 is 2.22 bits per heavy atom. The van der Waals surface area contributed by atoms with Crippen molar-refractivity contribution in [2.45, 2.75) is 0 Å². The van der Waals surface area contributed by atoms with E-state index in [1.54, 1.807) is 77.7 Å². The van der Waals surface area contributed by atoms with Gasteiger partial charge in [0.25, 0.3) is 11.8 Å². The molecule has 1 heterocycles. The molecule has 1 saturated heterocycles. The topological polar surface area (TPSA) is 75.7 Å². The summed E-state index contributed by atoms with van der Waals surface area (Å²) in [6.07, 6.45) is 0. The van der Waals surface area contributed by atoms with Gasteiger partial charge in [0.1, 0.15) is 0 Å². The van der Waals surface area contributed by atoms with E-state index in [-0.39, 0.29) is 17.3 Å². The third-order valence-electron chi connectivity index (χ3n) is 5.19. The summed E-state index contributed by atoms with van der Waals surface area (Å²) in [6, 6.07) is 20.5. The Kier molecular flexibility index (Phi) is 6.78. The Hall–Kier alpha value is -3.29. The van der Waals surface area contributed by atoms with Gasteiger partial charge < -0.3 is 15.0 Å². The number of carbonyl (C=O) groups is 3. The van der Waals surface area contributed by atoms with Crippen LogP contribution in [0.4, 0.5) is 5.69 Å². The van der Waals surface area contributed by atoms with Gasteiger partial charge in [-0.25, -0.2) is 0 Å². The number of nitrogens with one attached hydrogen (secondary N) is 1. The smallest absolute Gasteiger partial charge is 0.256 e. The quantitative estimate of drug-likeness (QED) is 0.535. The molecule has 3 aromatic rings. The third kappa shape index (κ3) is 4.95. The fourth-order valence-corrected chi connectivity index (χ4v) is 3.78. The molecule has 162 valence electrons. The maximum absolute atomic E-state index is 13.0. The number of carbonyl (C=O) groups excluding carboxylic acids is 3. The minimum atomic E-state index is -0.415. The van der Waals surface area contributed by atoms with Gasteiger partial charge in [0.15, 0.2) is 5.78 Å². The number of halogens is 1. The van der Waals surface area contributed by atoms with Gasteiger partial charge in [-0.05, 0) is 48.5 Å². The summed E-state index contributed by atoms with van der Waals surface area (Å²) in [5.41, 5.74) is 2.05. The van der Waals surface area contributed by atoms with Crippen molar-refractivity contribution in [3.8, 4) is 0 Å². The molecule has 2 amide bonds. The first-order valence-corrected chi connectivity index (χ1v) is 11.0. The van der Waals surface area contributed by atoms with E-state index in [1.807, 2.05) is 0 Å². The second kappa shape index (κ2) is 9.89. The molecule has 32 heavy (non-hydrogen) atoms. The van der Waals surface area contributed by atoms with Crippen molar-refractivity contribution in [1.29, 1.82) is 0 Å². The highest BCUT2D eigenvalue weighted by Crippen LogP contribution is 2.20. The summed E-state index contributed by atoms with van der Waals surface area (Å²) in [5, 5.41) is 2.82. The number of morpholine rings is 1. The second-order valence-electron chi connectivity index (χ2n) is 7.32. The Bertz CT molecular complexity index is 1150. The molecule has 0 aromatic heterocycles. The van der Waals surface area contributed by atoms with Crippen LogP contribution in [0.1, 0.15) is 36.6 Å². The molecule has 4 rings (SSSR count). The van der Waals surface area contributed by atoms with Gasteiger partial charge in [-0.2, -0.15) is 0 Å². The van der Waals surface area contributed by atoms with Gasteiger partial charge in [-0.1, -0.05) is 40.2 Å². The highest BCUT2D eigenvalue weighted by atomic mass is 79.9. The first kappa shape index (κ1) is 21.9. The molecule has 1 aliphatic heterocycles. The van der Waals surface area contributed by atoms with Gasteiger partial charge in [-0.15, -0.1) is 0 Å². The molecule has 0 radical (unpaired) electrons. The molecule has 1 aliphatic rings. The van der Waals surface area contributed by atoms with E-state index in [0.717, 1.165) is 4.47 Å². The number of nitrogens with zero attached hydrogens (tertiary/aromatic N) is 1. The van der Waals surface area contributed by atoms with E-state index in [1.165, 1.54) is 0 Å². The lowest BCUT2D eigenvalue weighted by Gasteiger charge is -2.27. The van der Waals surface area contributed by atoms with Crippen molar-refractivity contribution in [2.24, 2.45) is 0 Å². The monoisotopic (exact) mass is 492 g/mol. The zero-order valence-corrected chi connectivity index (χ0v) is 18.8. The SMILES string of the molecule is O=C(Nc1cccc(C(=O)N2CCOCC2)c1)c1ccccc1C(=O)c1ccc(Br)cc1.